The van der Waals surface area contributed by atoms with Crippen molar-refractivity contribution < 1.29 is 9.90 Å². The van der Waals surface area contributed by atoms with E-state index in [1.165, 1.54) is 0 Å². The lowest BCUT2D eigenvalue weighted by Gasteiger charge is -2.19. The number of nitrogens with zero attached hydrogens (tertiary/aromatic N) is 2. The van der Waals surface area contributed by atoms with Crippen LogP contribution < -0.4 is 5.32 Å². The lowest BCUT2D eigenvalue weighted by Crippen LogP contribution is -2.31. The molecule has 0 radical (unpaired) electrons. The van der Waals surface area contributed by atoms with Gasteiger partial charge in [-0.1, -0.05) is 0 Å². The van der Waals surface area contributed by atoms with Crippen molar-refractivity contribution in [3.8, 4) is 0 Å². The third-order valence-corrected chi connectivity index (χ3v) is 3.61. The van der Waals surface area contributed by atoms with Gasteiger partial charge in [-0.15, -0.1) is 0 Å². The number of nitrogens with one attached hydrogen (secondary N) is 1. The van der Waals surface area contributed by atoms with Gasteiger partial charge in [0.2, 0.25) is 0 Å². The Hall–Kier alpha value is -1.62. The molecule has 1 aliphatic heterocycles. The lowest BCUT2D eigenvalue weighted by molar-refractivity contribution is 0.0763. The second-order valence-corrected chi connectivity index (χ2v) is 4.99. The Morgan fingerprint density at radius 3 is 3.11 bits per heavy atom. The van der Waals surface area contributed by atoms with Crippen molar-refractivity contribution in [3.63, 3.8) is 0 Å². The minimum atomic E-state index is -0.358. The van der Waals surface area contributed by atoms with Crippen molar-refractivity contribution in [1.29, 1.82) is 0 Å². The standard InChI is InChI=1S/C14H21N3O2/c1-3-16-13-8-15-6-4-12(13)14(19)17-7-5-11(9-17)10(2)18/h4,6,8,10-11,16,18H,3,5,7,9H2,1-2H3. The molecule has 5 nitrogen and oxygen atoms in total. The molecule has 2 unspecified atom stereocenters. The smallest absolute Gasteiger partial charge is 0.256 e. The molecule has 2 heterocycles. The summed E-state index contributed by atoms with van der Waals surface area (Å²) < 4.78 is 0. The molecule has 5 heteroatoms. The van der Waals surface area contributed by atoms with Gasteiger partial charge in [0.1, 0.15) is 0 Å². The fraction of sp³-hybridized carbons (Fsp3) is 0.571. The number of aliphatic hydroxyl groups is 1. The van der Waals surface area contributed by atoms with Crippen LogP contribution in [0.2, 0.25) is 0 Å². The molecule has 104 valence electrons. The van der Waals surface area contributed by atoms with Gasteiger partial charge < -0.3 is 15.3 Å². The van der Waals surface area contributed by atoms with E-state index < -0.39 is 0 Å². The number of rotatable bonds is 4. The van der Waals surface area contributed by atoms with E-state index in [9.17, 15) is 9.90 Å². The monoisotopic (exact) mass is 263 g/mol. The summed E-state index contributed by atoms with van der Waals surface area (Å²) in [4.78, 5) is 18.3. The van der Waals surface area contributed by atoms with E-state index in [-0.39, 0.29) is 17.9 Å². The second-order valence-electron chi connectivity index (χ2n) is 4.99. The second kappa shape index (κ2) is 6.02. The van der Waals surface area contributed by atoms with Gasteiger partial charge in [-0.2, -0.15) is 0 Å². The van der Waals surface area contributed by atoms with Crippen LogP contribution in [0, 0.1) is 5.92 Å². The van der Waals surface area contributed by atoms with E-state index in [0.29, 0.717) is 18.7 Å². The highest BCUT2D eigenvalue weighted by molar-refractivity contribution is 5.99. The van der Waals surface area contributed by atoms with Gasteiger partial charge >= 0.3 is 0 Å². The summed E-state index contributed by atoms with van der Waals surface area (Å²) >= 11 is 0. The maximum atomic E-state index is 12.5. The first-order valence-electron chi connectivity index (χ1n) is 6.78. The number of aromatic nitrogens is 1. The van der Waals surface area contributed by atoms with Crippen LogP contribution in [0.1, 0.15) is 30.6 Å². The number of carbonyl (C=O) groups excluding carboxylic acids is 1. The van der Waals surface area contributed by atoms with Crippen molar-refractivity contribution in [2.75, 3.05) is 25.0 Å². The normalized spacial score (nSPS) is 20.4. The Morgan fingerprint density at radius 1 is 1.68 bits per heavy atom. The molecule has 0 aromatic carbocycles. The Kier molecular flexibility index (Phi) is 4.37. The predicted octanol–water partition coefficient (Wildman–Crippen LogP) is 1.36. The van der Waals surface area contributed by atoms with E-state index in [2.05, 4.69) is 10.3 Å². The van der Waals surface area contributed by atoms with E-state index in [0.717, 1.165) is 18.7 Å². The fourth-order valence-electron chi connectivity index (χ4n) is 2.45. The number of hydrogen-bond donors (Lipinski definition) is 2. The summed E-state index contributed by atoms with van der Waals surface area (Å²) in [5.41, 5.74) is 1.43. The average Bonchev–Trinajstić information content (AvgIpc) is 2.89. The molecular formula is C14H21N3O2. The summed E-state index contributed by atoms with van der Waals surface area (Å²) in [7, 11) is 0. The Balaban J connectivity index is 2.12. The van der Waals surface area contributed by atoms with Gasteiger partial charge in [-0.05, 0) is 26.3 Å². The molecule has 1 aromatic rings. The quantitative estimate of drug-likeness (QED) is 0.860. The number of hydrogen-bond acceptors (Lipinski definition) is 4. The van der Waals surface area contributed by atoms with Crippen LogP contribution >= 0.6 is 0 Å². The number of amides is 1. The van der Waals surface area contributed by atoms with Crippen LogP contribution in [0.5, 0.6) is 0 Å². The largest absolute Gasteiger partial charge is 0.393 e. The topological polar surface area (TPSA) is 65.5 Å². The van der Waals surface area contributed by atoms with Crippen LogP contribution in [0.4, 0.5) is 5.69 Å². The van der Waals surface area contributed by atoms with E-state index in [4.69, 9.17) is 0 Å². The molecule has 1 saturated heterocycles. The third-order valence-electron chi connectivity index (χ3n) is 3.61. The van der Waals surface area contributed by atoms with Crippen LogP contribution in [-0.4, -0.2) is 46.6 Å². The number of pyridine rings is 1. The van der Waals surface area contributed by atoms with E-state index >= 15 is 0 Å². The molecule has 0 aliphatic carbocycles. The molecule has 1 aliphatic rings. The zero-order valence-electron chi connectivity index (χ0n) is 11.5. The molecule has 0 saturated carbocycles. The minimum Gasteiger partial charge on any atom is -0.393 e. The van der Waals surface area contributed by atoms with Crippen molar-refractivity contribution in [1.82, 2.24) is 9.88 Å². The van der Waals surface area contributed by atoms with Gasteiger partial charge in [0.25, 0.3) is 5.91 Å². The van der Waals surface area contributed by atoms with Crippen molar-refractivity contribution in [2.24, 2.45) is 5.92 Å². The highest BCUT2D eigenvalue weighted by Crippen LogP contribution is 2.23. The molecule has 1 amide bonds. The maximum Gasteiger partial charge on any atom is 0.256 e. The van der Waals surface area contributed by atoms with Crippen LogP contribution in [-0.2, 0) is 0 Å². The number of anilines is 1. The minimum absolute atomic E-state index is 0.0153. The molecule has 1 aromatic heterocycles. The molecule has 1 fully saturated rings. The van der Waals surface area contributed by atoms with Gasteiger partial charge in [-0.3, -0.25) is 9.78 Å². The predicted molar refractivity (Wildman–Crippen MR) is 74.1 cm³/mol. The summed E-state index contributed by atoms with van der Waals surface area (Å²) in [5.74, 6) is 0.204. The molecule has 19 heavy (non-hydrogen) atoms. The third kappa shape index (κ3) is 3.04. The Morgan fingerprint density at radius 2 is 2.47 bits per heavy atom. The summed E-state index contributed by atoms with van der Waals surface area (Å²) in [6.45, 7) is 5.87. The van der Waals surface area contributed by atoms with Crippen LogP contribution in [0.25, 0.3) is 0 Å². The zero-order chi connectivity index (χ0) is 13.8. The lowest BCUT2D eigenvalue weighted by atomic mass is 10.0. The van der Waals surface area contributed by atoms with E-state index in [1.807, 2.05) is 11.8 Å². The maximum absolute atomic E-state index is 12.5. The number of carbonyl (C=O) groups is 1. The first-order chi connectivity index (χ1) is 9.13. The van der Waals surface area contributed by atoms with Gasteiger partial charge in [0.05, 0.1) is 23.6 Å². The van der Waals surface area contributed by atoms with Gasteiger partial charge in [0, 0.05) is 31.7 Å². The number of likely N-dealkylation sites (tertiary alicyclic amines) is 1. The van der Waals surface area contributed by atoms with Crippen molar-refractivity contribution in [3.05, 3.63) is 24.0 Å². The van der Waals surface area contributed by atoms with Gasteiger partial charge in [0.15, 0.2) is 0 Å². The Labute approximate surface area is 113 Å². The highest BCUT2D eigenvalue weighted by Gasteiger charge is 2.30. The summed E-state index contributed by atoms with van der Waals surface area (Å²) in [5, 5.41) is 12.8. The SMILES string of the molecule is CCNc1cnccc1C(=O)N1CCC(C(C)O)C1. The van der Waals surface area contributed by atoms with Crippen molar-refractivity contribution >= 4 is 11.6 Å². The van der Waals surface area contributed by atoms with E-state index in [1.54, 1.807) is 25.4 Å². The molecule has 0 bridgehead atoms. The molecule has 2 N–H and O–H groups in total. The van der Waals surface area contributed by atoms with Gasteiger partial charge in [-0.25, -0.2) is 0 Å². The zero-order valence-corrected chi connectivity index (χ0v) is 11.5. The van der Waals surface area contributed by atoms with Crippen LogP contribution in [0.3, 0.4) is 0 Å². The highest BCUT2D eigenvalue weighted by atomic mass is 16.3. The summed E-state index contributed by atoms with van der Waals surface area (Å²) in [6, 6.07) is 1.75. The summed E-state index contributed by atoms with van der Waals surface area (Å²) in [6.07, 6.45) is 3.82. The first-order valence-corrected chi connectivity index (χ1v) is 6.78. The van der Waals surface area contributed by atoms with Crippen molar-refractivity contribution in [2.45, 2.75) is 26.4 Å². The molecule has 2 rings (SSSR count). The molecular weight excluding hydrogens is 242 g/mol. The average molecular weight is 263 g/mol. The van der Waals surface area contributed by atoms with Crippen LogP contribution in [0.15, 0.2) is 18.5 Å². The fourth-order valence-corrected chi connectivity index (χ4v) is 2.45. The molecule has 2 atom stereocenters. The molecule has 0 spiro atoms. The Bertz CT molecular complexity index is 448. The number of aliphatic hydroxyl groups excluding tert-OH is 1. The first kappa shape index (κ1) is 13.8.